The fourth-order valence-corrected chi connectivity index (χ4v) is 2.09. The number of rotatable bonds is 4. The summed E-state index contributed by atoms with van der Waals surface area (Å²) in [5.41, 5.74) is 6.42. The molecule has 0 spiro atoms. The molecule has 0 aliphatic rings. The molecule has 3 N–H and O–H groups in total. The summed E-state index contributed by atoms with van der Waals surface area (Å²) in [6.07, 6.45) is 0. The first-order valence-corrected chi connectivity index (χ1v) is 6.37. The third-order valence-corrected chi connectivity index (χ3v) is 2.98. The van der Waals surface area contributed by atoms with Crippen LogP contribution in [-0.2, 0) is 0 Å². The number of carbonyl (C=O) groups is 1. The third-order valence-electron chi connectivity index (χ3n) is 2.98. The predicted octanol–water partition coefficient (Wildman–Crippen LogP) is 2.40. The predicted molar refractivity (Wildman–Crippen MR) is 75.7 cm³/mol. The Balaban J connectivity index is 2.70. The first kappa shape index (κ1) is 14.8. The lowest BCUT2D eigenvalue weighted by molar-refractivity contribution is 0.0993. The van der Waals surface area contributed by atoms with E-state index in [1.165, 1.54) is 24.3 Å². The second-order valence-electron chi connectivity index (χ2n) is 4.41. The first-order valence-electron chi connectivity index (χ1n) is 6.37. The highest BCUT2D eigenvalue weighted by Crippen LogP contribution is 2.38. The molecule has 1 heterocycles. The zero-order valence-corrected chi connectivity index (χ0v) is 11.7. The van der Waals surface area contributed by atoms with Crippen LogP contribution < -0.4 is 10.5 Å². The molecule has 0 unspecified atom stereocenters. The number of ether oxygens (including phenoxy) is 1. The molecule has 110 valence electrons. The average molecular weight is 290 g/mol. The summed E-state index contributed by atoms with van der Waals surface area (Å²) in [4.78, 5) is 15.7. The standard InChI is InChI=1S/C15H15FN2O3/c1-3-21-15-12(14(17)20)13(19)11(8(2)18-15)9-4-6-10(16)7-5-9/h4-7H,3H2,1-2H3,(H2,17,20)(H,18,19). The summed E-state index contributed by atoms with van der Waals surface area (Å²) in [5.74, 6) is -1.56. The lowest BCUT2D eigenvalue weighted by atomic mass is 10.0. The molecule has 0 atom stereocenters. The highest BCUT2D eigenvalue weighted by Gasteiger charge is 2.23. The monoisotopic (exact) mass is 290 g/mol. The highest BCUT2D eigenvalue weighted by atomic mass is 19.1. The second kappa shape index (κ2) is 5.78. The maximum absolute atomic E-state index is 13.0. The summed E-state index contributed by atoms with van der Waals surface area (Å²) in [7, 11) is 0. The molecular formula is C15H15FN2O3. The van der Waals surface area contributed by atoms with Crippen molar-refractivity contribution in [2.24, 2.45) is 5.73 Å². The maximum Gasteiger partial charge on any atom is 0.258 e. The average Bonchev–Trinajstić information content (AvgIpc) is 2.40. The van der Waals surface area contributed by atoms with Crippen molar-refractivity contribution in [3.05, 3.63) is 41.3 Å². The third kappa shape index (κ3) is 2.79. The van der Waals surface area contributed by atoms with Gasteiger partial charge in [-0.2, -0.15) is 0 Å². The lowest BCUT2D eigenvalue weighted by Gasteiger charge is -2.14. The molecule has 1 aromatic heterocycles. The fraction of sp³-hybridized carbons (Fsp3) is 0.200. The minimum Gasteiger partial charge on any atom is -0.506 e. The molecular weight excluding hydrogens is 275 g/mol. The van der Waals surface area contributed by atoms with Crippen LogP contribution in [0.2, 0.25) is 0 Å². The van der Waals surface area contributed by atoms with Gasteiger partial charge in [0.15, 0.2) is 0 Å². The van der Waals surface area contributed by atoms with Crippen LogP contribution in [0.15, 0.2) is 24.3 Å². The quantitative estimate of drug-likeness (QED) is 0.905. The maximum atomic E-state index is 13.0. The normalized spacial score (nSPS) is 10.4. The number of nitrogens with two attached hydrogens (primary N) is 1. The lowest BCUT2D eigenvalue weighted by Crippen LogP contribution is -2.15. The van der Waals surface area contributed by atoms with Crippen molar-refractivity contribution < 1.29 is 19.0 Å². The summed E-state index contributed by atoms with van der Waals surface area (Å²) < 4.78 is 18.2. The van der Waals surface area contributed by atoms with Gasteiger partial charge in [0, 0.05) is 5.56 Å². The van der Waals surface area contributed by atoms with Crippen molar-refractivity contribution in [3.8, 4) is 22.8 Å². The van der Waals surface area contributed by atoms with Gasteiger partial charge in [-0.1, -0.05) is 12.1 Å². The van der Waals surface area contributed by atoms with E-state index in [0.29, 0.717) is 16.8 Å². The van der Waals surface area contributed by atoms with Crippen molar-refractivity contribution in [2.75, 3.05) is 6.61 Å². The van der Waals surface area contributed by atoms with E-state index in [1.807, 2.05) is 0 Å². The molecule has 0 radical (unpaired) electrons. The Labute approximate surface area is 121 Å². The number of primary amides is 1. The molecule has 2 rings (SSSR count). The molecule has 0 bridgehead atoms. The molecule has 0 aliphatic heterocycles. The molecule has 0 fully saturated rings. The van der Waals surface area contributed by atoms with Gasteiger partial charge in [0.25, 0.3) is 5.91 Å². The number of benzene rings is 1. The van der Waals surface area contributed by atoms with E-state index in [2.05, 4.69) is 4.98 Å². The highest BCUT2D eigenvalue weighted by molar-refractivity contribution is 6.00. The first-order chi connectivity index (χ1) is 9.95. The van der Waals surface area contributed by atoms with Gasteiger partial charge in [-0.25, -0.2) is 9.37 Å². The molecule has 6 heteroatoms. The summed E-state index contributed by atoms with van der Waals surface area (Å²) in [5, 5.41) is 10.4. The molecule has 0 aliphatic carbocycles. The summed E-state index contributed by atoms with van der Waals surface area (Å²) >= 11 is 0. The Morgan fingerprint density at radius 1 is 1.38 bits per heavy atom. The largest absolute Gasteiger partial charge is 0.506 e. The zero-order chi connectivity index (χ0) is 15.6. The summed E-state index contributed by atoms with van der Waals surface area (Å²) in [6, 6.07) is 5.50. The number of nitrogens with zero attached hydrogens (tertiary/aromatic N) is 1. The molecule has 5 nitrogen and oxygen atoms in total. The number of amides is 1. The Hall–Kier alpha value is -2.63. The van der Waals surface area contributed by atoms with Gasteiger partial charge in [-0.05, 0) is 31.5 Å². The Morgan fingerprint density at radius 3 is 2.52 bits per heavy atom. The Morgan fingerprint density at radius 2 is 2.00 bits per heavy atom. The number of aryl methyl sites for hydroxylation is 1. The number of aromatic hydroxyl groups is 1. The number of hydrogen-bond donors (Lipinski definition) is 2. The van der Waals surface area contributed by atoms with Gasteiger partial charge in [-0.15, -0.1) is 0 Å². The van der Waals surface area contributed by atoms with Crippen molar-refractivity contribution in [3.63, 3.8) is 0 Å². The number of carbonyl (C=O) groups excluding carboxylic acids is 1. The van der Waals surface area contributed by atoms with E-state index in [9.17, 15) is 14.3 Å². The molecule has 0 saturated carbocycles. The van der Waals surface area contributed by atoms with Crippen molar-refractivity contribution >= 4 is 5.91 Å². The fourth-order valence-electron chi connectivity index (χ4n) is 2.09. The molecule has 0 saturated heterocycles. The zero-order valence-electron chi connectivity index (χ0n) is 11.7. The topological polar surface area (TPSA) is 85.4 Å². The van der Waals surface area contributed by atoms with Crippen LogP contribution >= 0.6 is 0 Å². The number of pyridine rings is 1. The van der Waals surface area contributed by atoms with E-state index in [-0.39, 0.29) is 23.8 Å². The molecule has 1 aromatic carbocycles. The van der Waals surface area contributed by atoms with Crippen LogP contribution in [-0.4, -0.2) is 22.6 Å². The number of aromatic nitrogens is 1. The number of halogens is 1. The van der Waals surface area contributed by atoms with Gasteiger partial charge in [-0.3, -0.25) is 4.79 Å². The van der Waals surface area contributed by atoms with Crippen LogP contribution in [0.5, 0.6) is 11.6 Å². The van der Waals surface area contributed by atoms with Gasteiger partial charge in [0.1, 0.15) is 17.1 Å². The van der Waals surface area contributed by atoms with Crippen LogP contribution in [0.3, 0.4) is 0 Å². The van der Waals surface area contributed by atoms with E-state index in [1.54, 1.807) is 13.8 Å². The van der Waals surface area contributed by atoms with Gasteiger partial charge < -0.3 is 15.6 Å². The van der Waals surface area contributed by atoms with E-state index < -0.39 is 11.7 Å². The van der Waals surface area contributed by atoms with Crippen LogP contribution in [0.25, 0.3) is 11.1 Å². The van der Waals surface area contributed by atoms with Gasteiger partial charge >= 0.3 is 0 Å². The van der Waals surface area contributed by atoms with Crippen LogP contribution in [0.1, 0.15) is 23.0 Å². The minimum absolute atomic E-state index is 0.00846. The van der Waals surface area contributed by atoms with Crippen LogP contribution in [0, 0.1) is 12.7 Å². The number of hydrogen-bond acceptors (Lipinski definition) is 4. The van der Waals surface area contributed by atoms with Crippen molar-refractivity contribution in [1.29, 1.82) is 0 Å². The smallest absolute Gasteiger partial charge is 0.258 e. The summed E-state index contributed by atoms with van der Waals surface area (Å²) in [6.45, 7) is 3.67. The molecule has 2 aromatic rings. The second-order valence-corrected chi connectivity index (χ2v) is 4.41. The Kier molecular flexibility index (Phi) is 4.07. The van der Waals surface area contributed by atoms with Crippen molar-refractivity contribution in [2.45, 2.75) is 13.8 Å². The molecule has 21 heavy (non-hydrogen) atoms. The van der Waals surface area contributed by atoms with Crippen LogP contribution in [0.4, 0.5) is 4.39 Å². The van der Waals surface area contributed by atoms with Gasteiger partial charge in [0.05, 0.1) is 12.3 Å². The van der Waals surface area contributed by atoms with Crippen molar-refractivity contribution in [1.82, 2.24) is 4.98 Å². The Bertz CT molecular complexity index is 684. The SMILES string of the molecule is CCOc1nc(C)c(-c2ccc(F)cc2)c(O)c1C(N)=O. The van der Waals surface area contributed by atoms with Gasteiger partial charge in [0.2, 0.25) is 5.88 Å². The van der Waals surface area contributed by atoms with E-state index in [0.717, 1.165) is 0 Å². The molecule has 1 amide bonds. The van der Waals surface area contributed by atoms with E-state index >= 15 is 0 Å². The van der Waals surface area contributed by atoms with E-state index in [4.69, 9.17) is 10.5 Å². The minimum atomic E-state index is -0.841.